The summed E-state index contributed by atoms with van der Waals surface area (Å²) in [5, 5.41) is 17.3. The van der Waals surface area contributed by atoms with Crippen molar-refractivity contribution in [1.82, 2.24) is 15.0 Å². The molecule has 92 valence electrons. The van der Waals surface area contributed by atoms with Crippen molar-refractivity contribution in [3.63, 3.8) is 0 Å². The highest BCUT2D eigenvalue weighted by Gasteiger charge is 2.08. The van der Waals surface area contributed by atoms with Gasteiger partial charge in [0.1, 0.15) is 5.69 Å². The SMILES string of the molecule is CCC(O)c1cn(CCOCCOC)nn1. The Kier molecular flexibility index (Phi) is 5.99. The fraction of sp³-hybridized carbons (Fsp3) is 0.800. The van der Waals surface area contributed by atoms with Crippen LogP contribution in [0.4, 0.5) is 0 Å². The molecule has 1 rings (SSSR count). The average molecular weight is 229 g/mol. The molecular formula is C10H19N3O3. The van der Waals surface area contributed by atoms with Crippen molar-refractivity contribution in [2.24, 2.45) is 0 Å². The Morgan fingerprint density at radius 1 is 1.44 bits per heavy atom. The molecule has 6 heteroatoms. The molecule has 0 fully saturated rings. The van der Waals surface area contributed by atoms with Crippen LogP contribution >= 0.6 is 0 Å². The highest BCUT2D eigenvalue weighted by Crippen LogP contribution is 2.11. The quantitative estimate of drug-likeness (QED) is 0.653. The zero-order valence-electron chi connectivity index (χ0n) is 9.80. The van der Waals surface area contributed by atoms with Crippen molar-refractivity contribution >= 4 is 0 Å². The second-order valence-electron chi connectivity index (χ2n) is 3.44. The smallest absolute Gasteiger partial charge is 0.111 e. The molecule has 1 atom stereocenters. The lowest BCUT2D eigenvalue weighted by Crippen LogP contribution is -2.09. The van der Waals surface area contributed by atoms with Gasteiger partial charge in [0.15, 0.2) is 0 Å². The Labute approximate surface area is 95.2 Å². The molecule has 1 aromatic rings. The van der Waals surface area contributed by atoms with E-state index in [2.05, 4.69) is 10.3 Å². The standard InChI is InChI=1S/C10H19N3O3/c1-3-10(14)9-8-13(12-11-9)4-5-16-7-6-15-2/h8,10,14H,3-7H2,1-2H3. The first-order valence-corrected chi connectivity index (χ1v) is 5.42. The third kappa shape index (κ3) is 4.26. The van der Waals surface area contributed by atoms with Gasteiger partial charge < -0.3 is 14.6 Å². The lowest BCUT2D eigenvalue weighted by Gasteiger charge is -2.03. The molecule has 1 aromatic heterocycles. The summed E-state index contributed by atoms with van der Waals surface area (Å²) in [7, 11) is 1.64. The van der Waals surface area contributed by atoms with E-state index in [0.717, 1.165) is 0 Å². The van der Waals surface area contributed by atoms with Gasteiger partial charge in [-0.1, -0.05) is 12.1 Å². The maximum Gasteiger partial charge on any atom is 0.111 e. The number of ether oxygens (including phenoxy) is 2. The average Bonchev–Trinajstić information content (AvgIpc) is 2.76. The molecule has 0 amide bonds. The summed E-state index contributed by atoms with van der Waals surface area (Å²) in [5.74, 6) is 0. The number of aliphatic hydroxyl groups excluding tert-OH is 1. The minimum absolute atomic E-state index is 0.525. The van der Waals surface area contributed by atoms with Gasteiger partial charge in [-0.05, 0) is 6.42 Å². The summed E-state index contributed by atoms with van der Waals surface area (Å²) in [6.07, 6.45) is 1.86. The Morgan fingerprint density at radius 2 is 2.25 bits per heavy atom. The van der Waals surface area contributed by atoms with Crippen LogP contribution in [0.15, 0.2) is 6.20 Å². The monoisotopic (exact) mass is 229 g/mol. The van der Waals surface area contributed by atoms with Crippen LogP contribution in [0.1, 0.15) is 25.1 Å². The molecule has 0 radical (unpaired) electrons. The normalized spacial score (nSPS) is 12.9. The van der Waals surface area contributed by atoms with Gasteiger partial charge in [0.2, 0.25) is 0 Å². The van der Waals surface area contributed by atoms with E-state index in [1.807, 2.05) is 6.92 Å². The molecule has 1 unspecified atom stereocenters. The maximum atomic E-state index is 9.52. The van der Waals surface area contributed by atoms with Gasteiger partial charge >= 0.3 is 0 Å². The molecule has 6 nitrogen and oxygen atoms in total. The van der Waals surface area contributed by atoms with Gasteiger partial charge in [-0.3, -0.25) is 0 Å². The van der Waals surface area contributed by atoms with Crippen LogP contribution < -0.4 is 0 Å². The van der Waals surface area contributed by atoms with Crippen LogP contribution in [0, 0.1) is 0 Å². The molecule has 0 saturated carbocycles. The number of rotatable bonds is 8. The lowest BCUT2D eigenvalue weighted by atomic mass is 10.2. The summed E-state index contributed by atoms with van der Waals surface area (Å²) in [6, 6.07) is 0. The number of aromatic nitrogens is 3. The second-order valence-corrected chi connectivity index (χ2v) is 3.44. The molecule has 0 aromatic carbocycles. The van der Waals surface area contributed by atoms with Gasteiger partial charge in [-0.15, -0.1) is 5.10 Å². The van der Waals surface area contributed by atoms with Crippen molar-refractivity contribution in [1.29, 1.82) is 0 Å². The highest BCUT2D eigenvalue weighted by molar-refractivity contribution is 4.96. The largest absolute Gasteiger partial charge is 0.387 e. The van der Waals surface area contributed by atoms with E-state index in [-0.39, 0.29) is 0 Å². The van der Waals surface area contributed by atoms with Crippen molar-refractivity contribution in [3.05, 3.63) is 11.9 Å². The predicted octanol–water partition coefficient (Wildman–Crippen LogP) is 0.384. The molecule has 16 heavy (non-hydrogen) atoms. The third-order valence-electron chi connectivity index (χ3n) is 2.18. The van der Waals surface area contributed by atoms with E-state index < -0.39 is 6.10 Å². The molecule has 1 N–H and O–H groups in total. The van der Waals surface area contributed by atoms with Gasteiger partial charge in [-0.25, -0.2) is 4.68 Å². The minimum Gasteiger partial charge on any atom is -0.387 e. The minimum atomic E-state index is -0.525. The van der Waals surface area contributed by atoms with Crippen LogP contribution in [0.25, 0.3) is 0 Å². The van der Waals surface area contributed by atoms with Crippen LogP contribution in [0.3, 0.4) is 0 Å². The number of aliphatic hydroxyl groups is 1. The fourth-order valence-electron chi connectivity index (χ4n) is 1.19. The molecule has 0 bridgehead atoms. The Bertz CT molecular complexity index is 291. The first-order chi connectivity index (χ1) is 7.77. The zero-order chi connectivity index (χ0) is 11.8. The van der Waals surface area contributed by atoms with E-state index in [9.17, 15) is 5.11 Å². The molecular weight excluding hydrogens is 210 g/mol. The third-order valence-corrected chi connectivity index (χ3v) is 2.18. The summed E-state index contributed by atoms with van der Waals surface area (Å²) < 4.78 is 11.8. The van der Waals surface area contributed by atoms with Gasteiger partial charge in [0.25, 0.3) is 0 Å². The Hall–Kier alpha value is -0.980. The van der Waals surface area contributed by atoms with E-state index >= 15 is 0 Å². The van der Waals surface area contributed by atoms with Crippen molar-refractivity contribution in [2.45, 2.75) is 26.0 Å². The van der Waals surface area contributed by atoms with E-state index in [1.54, 1.807) is 18.0 Å². The van der Waals surface area contributed by atoms with Crippen molar-refractivity contribution in [3.8, 4) is 0 Å². The predicted molar refractivity (Wildman–Crippen MR) is 58.0 cm³/mol. The topological polar surface area (TPSA) is 69.4 Å². The van der Waals surface area contributed by atoms with E-state index in [4.69, 9.17) is 9.47 Å². The molecule has 0 aliphatic carbocycles. The molecule has 0 aliphatic rings. The molecule has 0 aliphatic heterocycles. The van der Waals surface area contributed by atoms with Gasteiger partial charge in [0, 0.05) is 7.11 Å². The number of nitrogens with zero attached hydrogens (tertiary/aromatic N) is 3. The zero-order valence-corrected chi connectivity index (χ0v) is 9.80. The summed E-state index contributed by atoms with van der Waals surface area (Å²) in [4.78, 5) is 0. The fourth-order valence-corrected chi connectivity index (χ4v) is 1.19. The number of hydrogen-bond acceptors (Lipinski definition) is 5. The van der Waals surface area contributed by atoms with Gasteiger partial charge in [-0.2, -0.15) is 0 Å². The van der Waals surface area contributed by atoms with Crippen LogP contribution in [-0.2, 0) is 16.0 Å². The van der Waals surface area contributed by atoms with Crippen molar-refractivity contribution < 1.29 is 14.6 Å². The first kappa shape index (κ1) is 13.1. The van der Waals surface area contributed by atoms with Crippen LogP contribution in [-0.4, -0.2) is 47.0 Å². The number of methoxy groups -OCH3 is 1. The Balaban J connectivity index is 2.24. The summed E-state index contributed by atoms with van der Waals surface area (Å²) in [5.41, 5.74) is 0.611. The summed E-state index contributed by atoms with van der Waals surface area (Å²) in [6.45, 7) is 4.27. The molecule has 1 heterocycles. The Morgan fingerprint density at radius 3 is 2.94 bits per heavy atom. The van der Waals surface area contributed by atoms with Crippen molar-refractivity contribution in [2.75, 3.05) is 26.9 Å². The second kappa shape index (κ2) is 7.32. The van der Waals surface area contributed by atoms with Gasteiger partial charge in [0.05, 0.1) is 38.7 Å². The van der Waals surface area contributed by atoms with Crippen LogP contribution in [0.2, 0.25) is 0 Å². The van der Waals surface area contributed by atoms with E-state index in [1.165, 1.54) is 0 Å². The maximum absolute atomic E-state index is 9.52. The highest BCUT2D eigenvalue weighted by atomic mass is 16.5. The molecule has 0 spiro atoms. The lowest BCUT2D eigenvalue weighted by molar-refractivity contribution is 0.0652. The van der Waals surface area contributed by atoms with E-state index in [0.29, 0.717) is 38.5 Å². The van der Waals surface area contributed by atoms with Crippen LogP contribution in [0.5, 0.6) is 0 Å². The first-order valence-electron chi connectivity index (χ1n) is 5.42. The number of hydrogen-bond donors (Lipinski definition) is 1. The molecule has 0 saturated heterocycles. The summed E-state index contributed by atoms with van der Waals surface area (Å²) >= 11 is 0.